The molecule has 4 rings (SSSR count). The fourth-order valence-electron chi connectivity index (χ4n) is 5.90. The van der Waals surface area contributed by atoms with Gasteiger partial charge in [-0.15, -0.1) is 11.6 Å². The zero-order chi connectivity index (χ0) is 17.9. The average Bonchev–Trinajstić information content (AvgIpc) is 2.43. The maximum Gasteiger partial charge on any atom is 0.705 e. The molecule has 11 heteroatoms. The van der Waals surface area contributed by atoms with Gasteiger partial charge in [0.25, 0.3) is 0 Å². The molecule has 10 nitrogen and oxygen atoms in total. The summed E-state index contributed by atoms with van der Waals surface area (Å²) in [6, 6.07) is 0. The maximum absolute atomic E-state index is 12.4. The molecule has 132 valence electrons. The highest BCUT2D eigenvalue weighted by atomic mass is 35.5. The van der Waals surface area contributed by atoms with Crippen LogP contribution in [0, 0.1) is 53.0 Å². The van der Waals surface area contributed by atoms with Gasteiger partial charge in [-0.1, -0.05) is 0 Å². The van der Waals surface area contributed by atoms with Gasteiger partial charge in [0.05, 0.1) is 5.88 Å². The molecule has 2 atom stereocenters. The lowest BCUT2D eigenvalue weighted by Gasteiger charge is -2.58. The summed E-state index contributed by atoms with van der Waals surface area (Å²) in [5.74, 6) is -4.43. The van der Waals surface area contributed by atoms with Crippen molar-refractivity contribution < 1.29 is 19.6 Å². The SMILES string of the molecule is O=C(CCl)C12CC3CC(C1)CC(C([N+](=O)[O-])([N+](=O)[O-])[N+](=O)[O-])(C3)C2. The zero-order valence-electron chi connectivity index (χ0n) is 12.7. The first-order chi connectivity index (χ1) is 11.1. The molecule has 24 heavy (non-hydrogen) atoms. The van der Waals surface area contributed by atoms with Crippen LogP contribution in [0.25, 0.3) is 0 Å². The van der Waals surface area contributed by atoms with Gasteiger partial charge in [-0.2, -0.15) is 0 Å². The quantitative estimate of drug-likeness (QED) is 0.303. The van der Waals surface area contributed by atoms with Crippen LogP contribution < -0.4 is 0 Å². The Bertz CT molecular complexity index is 601. The number of carbonyl (C=O) groups is 1. The van der Waals surface area contributed by atoms with Crippen molar-refractivity contribution in [2.75, 3.05) is 5.88 Å². The summed E-state index contributed by atoms with van der Waals surface area (Å²) in [7, 11) is 0. The largest absolute Gasteiger partial charge is 0.705 e. The zero-order valence-corrected chi connectivity index (χ0v) is 13.4. The third-order valence-electron chi connectivity index (χ3n) is 6.25. The minimum absolute atomic E-state index is 0.0315. The first-order valence-corrected chi connectivity index (χ1v) is 8.20. The summed E-state index contributed by atoms with van der Waals surface area (Å²) >= 11 is 5.68. The van der Waals surface area contributed by atoms with E-state index in [1.54, 1.807) is 0 Å². The molecule has 4 aliphatic carbocycles. The number of hydrogen-bond acceptors (Lipinski definition) is 7. The Morgan fingerprint density at radius 1 is 1.00 bits per heavy atom. The average molecular weight is 362 g/mol. The van der Waals surface area contributed by atoms with Crippen LogP contribution in [0.15, 0.2) is 0 Å². The topological polar surface area (TPSA) is 146 Å². The molecule has 0 heterocycles. The van der Waals surface area contributed by atoms with Crippen LogP contribution in [0.4, 0.5) is 0 Å². The Hall–Kier alpha value is -1.84. The van der Waals surface area contributed by atoms with Crippen molar-refractivity contribution in [3.63, 3.8) is 0 Å². The maximum atomic E-state index is 12.4. The number of rotatable bonds is 6. The van der Waals surface area contributed by atoms with Gasteiger partial charge in [0.2, 0.25) is 0 Å². The number of nitrogens with zero attached hydrogens (tertiary/aromatic N) is 3. The molecular weight excluding hydrogens is 346 g/mol. The lowest BCUT2D eigenvalue weighted by atomic mass is 9.42. The monoisotopic (exact) mass is 361 g/mol. The van der Waals surface area contributed by atoms with Crippen molar-refractivity contribution in [1.29, 1.82) is 0 Å². The summed E-state index contributed by atoms with van der Waals surface area (Å²) in [6.45, 7) is 0. The summed E-state index contributed by atoms with van der Waals surface area (Å²) in [5.41, 5.74) is -2.76. The molecule has 4 fully saturated rings. The molecule has 0 aromatic rings. The van der Waals surface area contributed by atoms with Gasteiger partial charge < -0.3 is 0 Å². The lowest BCUT2D eigenvalue weighted by Crippen LogP contribution is -2.71. The van der Waals surface area contributed by atoms with E-state index in [2.05, 4.69) is 0 Å². The predicted octanol–water partition coefficient (Wildman–Crippen LogP) is 1.86. The molecule has 0 aromatic carbocycles. The Balaban J connectivity index is 2.19. The van der Waals surface area contributed by atoms with Crippen molar-refractivity contribution in [2.24, 2.45) is 22.7 Å². The minimum Gasteiger partial charge on any atom is -0.298 e. The van der Waals surface area contributed by atoms with Gasteiger partial charge in [-0.3, -0.25) is 35.1 Å². The predicted molar refractivity (Wildman–Crippen MR) is 79.0 cm³/mol. The fourth-order valence-corrected chi connectivity index (χ4v) is 6.19. The van der Waals surface area contributed by atoms with Gasteiger partial charge in [-0.05, 0) is 50.4 Å². The van der Waals surface area contributed by atoms with E-state index in [1.165, 1.54) is 0 Å². The second kappa shape index (κ2) is 5.08. The Morgan fingerprint density at radius 2 is 1.46 bits per heavy atom. The molecule has 4 saturated carbocycles. The number of ketones is 1. The van der Waals surface area contributed by atoms with E-state index in [9.17, 15) is 35.1 Å². The number of alkyl halides is 1. The second-order valence-electron chi connectivity index (χ2n) is 7.49. The number of carbonyl (C=O) groups excluding carboxylic acids is 1. The van der Waals surface area contributed by atoms with Crippen molar-refractivity contribution in [3.05, 3.63) is 30.3 Å². The lowest BCUT2D eigenvalue weighted by molar-refractivity contribution is -0.989. The van der Waals surface area contributed by atoms with E-state index < -0.39 is 31.4 Å². The summed E-state index contributed by atoms with van der Waals surface area (Å²) < 4.78 is 0. The number of nitro groups is 3. The third-order valence-corrected chi connectivity index (χ3v) is 6.49. The highest BCUT2D eigenvalue weighted by molar-refractivity contribution is 6.28. The first kappa shape index (κ1) is 17.0. The van der Waals surface area contributed by atoms with Crippen LogP contribution in [0.3, 0.4) is 0 Å². The summed E-state index contributed by atoms with van der Waals surface area (Å²) in [6.07, 6.45) is 1.47. The van der Waals surface area contributed by atoms with E-state index >= 15 is 0 Å². The molecule has 0 saturated heterocycles. The first-order valence-electron chi connectivity index (χ1n) is 7.66. The Labute approximate surface area is 141 Å². The van der Waals surface area contributed by atoms with Crippen LogP contribution >= 0.6 is 11.6 Å². The Kier molecular flexibility index (Phi) is 3.60. The van der Waals surface area contributed by atoms with E-state index in [1.807, 2.05) is 0 Å². The standard InChI is InChI=1S/C13H16ClN3O7/c14-6-10(18)11-2-8-1-9(3-11)5-12(4-8,7-11)13(15(19)20,16(21)22)17(23)24/h8-9H,1-7H2. The van der Waals surface area contributed by atoms with Crippen LogP contribution in [-0.2, 0) is 4.79 Å². The smallest absolute Gasteiger partial charge is 0.298 e. The van der Waals surface area contributed by atoms with Crippen molar-refractivity contribution in [1.82, 2.24) is 0 Å². The van der Waals surface area contributed by atoms with E-state index in [0.29, 0.717) is 19.3 Å². The van der Waals surface area contributed by atoms with Gasteiger partial charge >= 0.3 is 5.79 Å². The number of Topliss-reactive ketones (excluding diaryl/α,β-unsaturated/α-hetero) is 1. The highest BCUT2D eigenvalue weighted by Gasteiger charge is 2.87. The fraction of sp³-hybridized carbons (Fsp3) is 0.923. The van der Waals surface area contributed by atoms with Gasteiger partial charge in [0, 0.05) is 5.41 Å². The van der Waals surface area contributed by atoms with Crippen LogP contribution in [-0.4, -0.2) is 32.2 Å². The molecule has 0 aromatic heterocycles. The molecule has 0 aliphatic heterocycles. The van der Waals surface area contributed by atoms with Gasteiger partial charge in [-0.25, -0.2) is 0 Å². The highest BCUT2D eigenvalue weighted by Crippen LogP contribution is 2.69. The number of hydrogen-bond donors (Lipinski definition) is 0. The van der Waals surface area contributed by atoms with E-state index in [0.717, 1.165) is 0 Å². The molecule has 0 amide bonds. The molecular formula is C13H16ClN3O7. The number of halogens is 1. The van der Waals surface area contributed by atoms with E-state index in [-0.39, 0.29) is 42.8 Å². The van der Waals surface area contributed by atoms with Crippen LogP contribution in [0.1, 0.15) is 38.5 Å². The van der Waals surface area contributed by atoms with Crippen LogP contribution in [0.2, 0.25) is 0 Å². The molecule has 0 N–H and O–H groups in total. The van der Waals surface area contributed by atoms with Crippen molar-refractivity contribution in [3.8, 4) is 0 Å². The third kappa shape index (κ3) is 1.86. The minimum atomic E-state index is -3.51. The summed E-state index contributed by atoms with van der Waals surface area (Å²) in [5, 5.41) is 34.7. The van der Waals surface area contributed by atoms with Crippen molar-refractivity contribution >= 4 is 17.4 Å². The molecule has 4 bridgehead atoms. The van der Waals surface area contributed by atoms with E-state index in [4.69, 9.17) is 11.6 Å². The van der Waals surface area contributed by atoms with Gasteiger partial charge in [0.15, 0.2) is 26.0 Å². The molecule has 0 spiro atoms. The molecule has 0 radical (unpaired) electrons. The summed E-state index contributed by atoms with van der Waals surface area (Å²) in [4.78, 5) is 43.0. The van der Waals surface area contributed by atoms with Crippen LogP contribution in [0.5, 0.6) is 0 Å². The van der Waals surface area contributed by atoms with Gasteiger partial charge in [0.1, 0.15) is 0 Å². The Morgan fingerprint density at radius 3 is 1.83 bits per heavy atom. The van der Waals surface area contributed by atoms with Crippen molar-refractivity contribution in [2.45, 2.75) is 44.3 Å². The molecule has 4 aliphatic rings. The second-order valence-corrected chi connectivity index (χ2v) is 7.75. The molecule has 2 unspecified atom stereocenters. The normalized spacial score (nSPS) is 37.2.